The summed E-state index contributed by atoms with van der Waals surface area (Å²) in [4.78, 5) is 33.2. The van der Waals surface area contributed by atoms with Crippen LogP contribution in [0, 0.1) is 0 Å². The summed E-state index contributed by atoms with van der Waals surface area (Å²) in [6, 6.07) is 14.4. The van der Waals surface area contributed by atoms with Gasteiger partial charge in [-0.25, -0.2) is 0 Å². The van der Waals surface area contributed by atoms with Gasteiger partial charge in [0, 0.05) is 11.8 Å². The maximum atomic E-state index is 12.5. The number of thiazole rings is 1. The van der Waals surface area contributed by atoms with Crippen LogP contribution in [0.4, 0.5) is 0 Å². The second kappa shape index (κ2) is 5.78. The van der Waals surface area contributed by atoms with Crippen LogP contribution in [0.5, 0.6) is 0 Å². The lowest BCUT2D eigenvalue weighted by atomic mass is 10.2. The van der Waals surface area contributed by atoms with Crippen LogP contribution in [-0.2, 0) is 0 Å². The predicted octanol–water partition coefficient (Wildman–Crippen LogP) is 1.12. The zero-order chi connectivity index (χ0) is 16.5. The van der Waals surface area contributed by atoms with E-state index in [2.05, 4.69) is 15.1 Å². The van der Waals surface area contributed by atoms with Gasteiger partial charge in [-0.2, -0.15) is 14.6 Å². The number of hydrogen-bond donors (Lipinski definition) is 0. The maximum Gasteiger partial charge on any atom is 0.300 e. The minimum atomic E-state index is -0.452. The van der Waals surface area contributed by atoms with E-state index in [0.717, 1.165) is 11.3 Å². The van der Waals surface area contributed by atoms with Gasteiger partial charge < -0.3 is 0 Å². The van der Waals surface area contributed by atoms with Crippen molar-refractivity contribution in [2.75, 3.05) is 0 Å². The molecule has 3 aromatic heterocycles. The van der Waals surface area contributed by atoms with Crippen LogP contribution < -0.4 is 15.7 Å². The molecule has 4 aromatic rings. The Hall–Kier alpha value is -3.19. The van der Waals surface area contributed by atoms with Crippen molar-refractivity contribution in [3.63, 3.8) is 0 Å². The molecule has 0 bridgehead atoms. The van der Waals surface area contributed by atoms with Crippen LogP contribution in [0.1, 0.15) is 5.69 Å². The SMILES string of the molecule is O=c1nc2sc(=Cc3ccccn3)c(=O)n2nc1-c1ccccc1. The van der Waals surface area contributed by atoms with E-state index in [1.807, 2.05) is 12.1 Å². The van der Waals surface area contributed by atoms with Gasteiger partial charge in [0.1, 0.15) is 4.53 Å². The summed E-state index contributed by atoms with van der Waals surface area (Å²) >= 11 is 1.12. The van der Waals surface area contributed by atoms with Crippen LogP contribution in [0.15, 0.2) is 64.3 Å². The van der Waals surface area contributed by atoms with E-state index in [9.17, 15) is 9.59 Å². The van der Waals surface area contributed by atoms with Crippen molar-refractivity contribution in [3.05, 3.63) is 85.7 Å². The lowest BCUT2D eigenvalue weighted by Crippen LogP contribution is -2.26. The fourth-order valence-corrected chi connectivity index (χ4v) is 3.17. The van der Waals surface area contributed by atoms with Gasteiger partial charge in [0.2, 0.25) is 4.96 Å². The first-order valence-electron chi connectivity index (χ1n) is 7.14. The van der Waals surface area contributed by atoms with Gasteiger partial charge in [-0.15, -0.1) is 0 Å². The van der Waals surface area contributed by atoms with Crippen molar-refractivity contribution in [3.8, 4) is 11.3 Å². The van der Waals surface area contributed by atoms with Crippen LogP contribution >= 0.6 is 11.3 Å². The van der Waals surface area contributed by atoms with Gasteiger partial charge in [-0.05, 0) is 18.2 Å². The molecule has 3 heterocycles. The molecule has 0 spiro atoms. The largest absolute Gasteiger partial charge is 0.300 e. The van der Waals surface area contributed by atoms with Crippen molar-refractivity contribution in [2.45, 2.75) is 0 Å². The van der Waals surface area contributed by atoms with Gasteiger partial charge in [-0.1, -0.05) is 47.7 Å². The highest BCUT2D eigenvalue weighted by Crippen LogP contribution is 2.11. The Labute approximate surface area is 139 Å². The number of benzene rings is 1. The van der Waals surface area contributed by atoms with E-state index < -0.39 is 5.56 Å². The monoisotopic (exact) mass is 334 g/mol. The summed E-state index contributed by atoms with van der Waals surface area (Å²) in [5.74, 6) is 0. The molecule has 6 nitrogen and oxygen atoms in total. The van der Waals surface area contributed by atoms with E-state index in [0.29, 0.717) is 15.8 Å². The first-order valence-corrected chi connectivity index (χ1v) is 7.96. The summed E-state index contributed by atoms with van der Waals surface area (Å²) in [7, 11) is 0. The number of fused-ring (bicyclic) bond motifs is 1. The lowest BCUT2D eigenvalue weighted by molar-refractivity contribution is 0.873. The number of aromatic nitrogens is 4. The smallest absolute Gasteiger partial charge is 0.266 e. The molecule has 24 heavy (non-hydrogen) atoms. The van der Waals surface area contributed by atoms with Gasteiger partial charge in [0.25, 0.3) is 5.56 Å². The number of rotatable bonds is 2. The fourth-order valence-electron chi connectivity index (χ4n) is 2.28. The van der Waals surface area contributed by atoms with Crippen molar-refractivity contribution in [1.29, 1.82) is 0 Å². The van der Waals surface area contributed by atoms with Crippen molar-refractivity contribution in [2.24, 2.45) is 0 Å². The third-order valence-corrected chi connectivity index (χ3v) is 4.36. The molecule has 0 amide bonds. The van der Waals surface area contributed by atoms with Crippen LogP contribution in [0.3, 0.4) is 0 Å². The third-order valence-electron chi connectivity index (χ3n) is 3.40. The lowest BCUT2D eigenvalue weighted by Gasteiger charge is -1.98. The molecule has 7 heteroatoms. The van der Waals surface area contributed by atoms with Gasteiger partial charge in [0.05, 0.1) is 5.69 Å². The topological polar surface area (TPSA) is 77.2 Å². The first-order chi connectivity index (χ1) is 11.7. The molecule has 0 saturated heterocycles. The summed E-state index contributed by atoms with van der Waals surface area (Å²) in [5.41, 5.74) is 0.683. The Morgan fingerprint density at radius 3 is 2.54 bits per heavy atom. The zero-order valence-electron chi connectivity index (χ0n) is 12.3. The zero-order valence-corrected chi connectivity index (χ0v) is 13.1. The van der Waals surface area contributed by atoms with E-state index in [4.69, 9.17) is 0 Å². The summed E-state index contributed by atoms with van der Waals surface area (Å²) in [6.07, 6.45) is 3.31. The van der Waals surface area contributed by atoms with E-state index in [-0.39, 0.29) is 16.2 Å². The minimum Gasteiger partial charge on any atom is -0.266 e. The highest BCUT2D eigenvalue weighted by Gasteiger charge is 2.12. The average Bonchev–Trinajstić information content (AvgIpc) is 2.91. The summed E-state index contributed by atoms with van der Waals surface area (Å²) in [6.45, 7) is 0. The van der Waals surface area contributed by atoms with E-state index in [1.165, 1.54) is 4.52 Å². The molecule has 0 radical (unpaired) electrons. The summed E-state index contributed by atoms with van der Waals surface area (Å²) < 4.78 is 1.60. The number of nitrogens with zero attached hydrogens (tertiary/aromatic N) is 4. The quantitative estimate of drug-likeness (QED) is 0.549. The maximum absolute atomic E-state index is 12.5. The van der Waals surface area contributed by atoms with Crippen molar-refractivity contribution < 1.29 is 0 Å². The van der Waals surface area contributed by atoms with Crippen molar-refractivity contribution >= 4 is 22.4 Å². The number of pyridine rings is 1. The highest BCUT2D eigenvalue weighted by atomic mass is 32.1. The molecule has 0 aliphatic rings. The van der Waals surface area contributed by atoms with Crippen LogP contribution in [0.2, 0.25) is 0 Å². The molecule has 0 aliphatic heterocycles. The third kappa shape index (κ3) is 2.50. The molecule has 0 unspecified atom stereocenters. The Bertz CT molecular complexity index is 1180. The molecule has 0 atom stereocenters. The molecule has 0 saturated carbocycles. The second-order valence-electron chi connectivity index (χ2n) is 5.00. The highest BCUT2D eigenvalue weighted by molar-refractivity contribution is 7.15. The minimum absolute atomic E-state index is 0.160. The molecular weight excluding hydrogens is 324 g/mol. The Kier molecular flexibility index (Phi) is 3.47. The second-order valence-corrected chi connectivity index (χ2v) is 6.01. The van der Waals surface area contributed by atoms with Gasteiger partial charge >= 0.3 is 5.56 Å². The molecule has 4 rings (SSSR count). The molecular formula is C17H10N4O2S. The number of hydrogen-bond acceptors (Lipinski definition) is 6. The normalized spacial score (nSPS) is 11.9. The molecule has 116 valence electrons. The van der Waals surface area contributed by atoms with Gasteiger partial charge in [0.15, 0.2) is 5.69 Å². The molecule has 1 aromatic carbocycles. The molecule has 0 aliphatic carbocycles. The van der Waals surface area contributed by atoms with Crippen molar-refractivity contribution in [1.82, 2.24) is 19.6 Å². The fraction of sp³-hybridized carbons (Fsp3) is 0. The van der Waals surface area contributed by atoms with Crippen LogP contribution in [0.25, 0.3) is 22.3 Å². The standard InChI is InChI=1S/C17H10N4O2S/c22-15-14(11-6-2-1-3-7-11)20-21-16(23)13(24-17(21)19-15)10-12-8-4-5-9-18-12/h1-10H. The Morgan fingerprint density at radius 1 is 1.00 bits per heavy atom. The van der Waals surface area contributed by atoms with Gasteiger partial charge in [-0.3, -0.25) is 14.6 Å². The molecule has 0 N–H and O–H groups in total. The Morgan fingerprint density at radius 2 is 1.79 bits per heavy atom. The molecule has 0 fully saturated rings. The predicted molar refractivity (Wildman–Crippen MR) is 91.9 cm³/mol. The average molecular weight is 334 g/mol. The van der Waals surface area contributed by atoms with E-state index in [1.54, 1.807) is 48.7 Å². The van der Waals surface area contributed by atoms with E-state index >= 15 is 0 Å². The van der Waals surface area contributed by atoms with Crippen LogP contribution in [-0.4, -0.2) is 19.6 Å². The first kappa shape index (κ1) is 14.4. The Balaban J connectivity index is 1.96. The summed E-state index contributed by atoms with van der Waals surface area (Å²) in [5, 5.41) is 4.21.